The SMILES string of the molecule is COC(C(N)=O)C1CCC(CCN2CCN(c3cccc(C#N)c3)CC2)CC1. The van der Waals surface area contributed by atoms with Gasteiger partial charge in [0.15, 0.2) is 0 Å². The van der Waals surface area contributed by atoms with Gasteiger partial charge in [-0.1, -0.05) is 18.9 Å². The van der Waals surface area contributed by atoms with Gasteiger partial charge in [-0.05, 0) is 55.8 Å². The number of nitrogens with two attached hydrogens (primary N) is 1. The lowest BCUT2D eigenvalue weighted by Gasteiger charge is -2.37. The fourth-order valence-corrected chi connectivity index (χ4v) is 4.69. The Labute approximate surface area is 168 Å². The van der Waals surface area contributed by atoms with Crippen LogP contribution in [0.25, 0.3) is 0 Å². The number of anilines is 1. The Hall–Kier alpha value is -2.10. The number of hydrogen-bond acceptors (Lipinski definition) is 5. The van der Waals surface area contributed by atoms with Crippen LogP contribution in [-0.4, -0.2) is 56.7 Å². The molecule has 152 valence electrons. The highest BCUT2D eigenvalue weighted by molar-refractivity contribution is 5.79. The summed E-state index contributed by atoms with van der Waals surface area (Å²) in [5.41, 5.74) is 7.32. The highest BCUT2D eigenvalue weighted by Gasteiger charge is 2.31. The number of rotatable bonds is 7. The predicted octanol–water partition coefficient (Wildman–Crippen LogP) is 2.38. The van der Waals surface area contributed by atoms with Crippen molar-refractivity contribution in [1.82, 2.24) is 4.90 Å². The van der Waals surface area contributed by atoms with Crippen LogP contribution in [0.5, 0.6) is 0 Å². The molecule has 28 heavy (non-hydrogen) atoms. The normalized spacial score (nSPS) is 24.5. The summed E-state index contributed by atoms with van der Waals surface area (Å²) in [6.07, 6.45) is 5.21. The molecule has 6 nitrogen and oxygen atoms in total. The second-order valence-electron chi connectivity index (χ2n) is 8.12. The van der Waals surface area contributed by atoms with E-state index in [0.29, 0.717) is 0 Å². The molecule has 0 aromatic heterocycles. The Morgan fingerprint density at radius 2 is 1.96 bits per heavy atom. The van der Waals surface area contributed by atoms with E-state index in [1.165, 1.54) is 19.3 Å². The van der Waals surface area contributed by atoms with Crippen LogP contribution in [0.4, 0.5) is 5.69 Å². The van der Waals surface area contributed by atoms with E-state index < -0.39 is 6.10 Å². The molecule has 3 rings (SSSR count). The average Bonchev–Trinajstić information content (AvgIpc) is 2.74. The second-order valence-corrected chi connectivity index (χ2v) is 8.12. The minimum absolute atomic E-state index is 0.284. The van der Waals surface area contributed by atoms with Gasteiger partial charge in [-0.15, -0.1) is 0 Å². The summed E-state index contributed by atoms with van der Waals surface area (Å²) < 4.78 is 5.30. The largest absolute Gasteiger partial charge is 0.371 e. The van der Waals surface area contributed by atoms with Gasteiger partial charge >= 0.3 is 0 Å². The number of piperazine rings is 1. The Morgan fingerprint density at radius 3 is 2.57 bits per heavy atom. The molecule has 1 heterocycles. The molecule has 0 bridgehead atoms. The number of carbonyl (C=O) groups is 1. The van der Waals surface area contributed by atoms with Gasteiger partial charge in [0.1, 0.15) is 6.10 Å². The topological polar surface area (TPSA) is 82.6 Å². The number of nitrogens with zero attached hydrogens (tertiary/aromatic N) is 3. The molecule has 1 saturated carbocycles. The zero-order valence-corrected chi connectivity index (χ0v) is 16.8. The minimum Gasteiger partial charge on any atom is -0.371 e. The standard InChI is InChI=1S/C22H32N4O2/c1-28-21(22(24)27)19-7-5-17(6-8-19)9-10-25-11-13-26(14-12-25)20-4-2-3-18(15-20)16-23/h2-4,15,17,19,21H,5-14H2,1H3,(H2,24,27). The first kappa shape index (κ1) is 20.6. The van der Waals surface area contributed by atoms with Gasteiger partial charge in [0, 0.05) is 39.0 Å². The van der Waals surface area contributed by atoms with Crippen LogP contribution >= 0.6 is 0 Å². The summed E-state index contributed by atoms with van der Waals surface area (Å²) in [6.45, 7) is 5.30. The highest BCUT2D eigenvalue weighted by atomic mass is 16.5. The van der Waals surface area contributed by atoms with Crippen molar-refractivity contribution in [2.75, 3.05) is 44.7 Å². The van der Waals surface area contributed by atoms with Crippen LogP contribution < -0.4 is 10.6 Å². The van der Waals surface area contributed by atoms with E-state index in [9.17, 15) is 4.79 Å². The lowest BCUT2D eigenvalue weighted by Crippen LogP contribution is -2.47. The second kappa shape index (κ2) is 9.90. The molecule has 1 unspecified atom stereocenters. The van der Waals surface area contributed by atoms with Crippen molar-refractivity contribution in [2.24, 2.45) is 17.6 Å². The van der Waals surface area contributed by atoms with Crippen LogP contribution in [0, 0.1) is 23.2 Å². The maximum atomic E-state index is 11.5. The Bertz CT molecular complexity index is 686. The van der Waals surface area contributed by atoms with Crippen molar-refractivity contribution in [2.45, 2.75) is 38.2 Å². The summed E-state index contributed by atoms with van der Waals surface area (Å²) in [5.74, 6) is 0.697. The lowest BCUT2D eigenvalue weighted by atomic mass is 9.78. The molecule has 0 spiro atoms. The zero-order chi connectivity index (χ0) is 19.9. The molecule has 1 aromatic rings. The van der Waals surface area contributed by atoms with E-state index in [2.05, 4.69) is 21.9 Å². The van der Waals surface area contributed by atoms with Gasteiger partial charge in [0.25, 0.3) is 0 Å². The van der Waals surface area contributed by atoms with Gasteiger partial charge in [-0.25, -0.2) is 0 Å². The molecule has 1 aliphatic carbocycles. The highest BCUT2D eigenvalue weighted by Crippen LogP contribution is 2.33. The van der Waals surface area contributed by atoms with Crippen LogP contribution in [0.15, 0.2) is 24.3 Å². The van der Waals surface area contributed by atoms with Crippen molar-refractivity contribution in [1.29, 1.82) is 5.26 Å². The molecule has 1 amide bonds. The minimum atomic E-state index is -0.423. The number of methoxy groups -OCH3 is 1. The predicted molar refractivity (Wildman–Crippen MR) is 110 cm³/mol. The van der Waals surface area contributed by atoms with E-state index >= 15 is 0 Å². The summed E-state index contributed by atoms with van der Waals surface area (Å²) in [5, 5.41) is 9.08. The van der Waals surface area contributed by atoms with Gasteiger partial charge < -0.3 is 15.4 Å². The first-order chi connectivity index (χ1) is 13.6. The number of benzene rings is 1. The number of carbonyl (C=O) groups excluding carboxylic acids is 1. The van der Waals surface area contributed by atoms with Crippen molar-refractivity contribution in [3.8, 4) is 6.07 Å². The van der Waals surface area contributed by atoms with Crippen molar-refractivity contribution >= 4 is 11.6 Å². The molecule has 6 heteroatoms. The summed E-state index contributed by atoms with van der Waals surface area (Å²) in [4.78, 5) is 16.4. The van der Waals surface area contributed by atoms with Crippen LogP contribution in [-0.2, 0) is 9.53 Å². The molecule has 0 radical (unpaired) electrons. The summed E-state index contributed by atoms with van der Waals surface area (Å²) in [7, 11) is 1.58. The summed E-state index contributed by atoms with van der Waals surface area (Å²) in [6, 6.07) is 10.1. The van der Waals surface area contributed by atoms with Gasteiger partial charge in [-0.3, -0.25) is 9.69 Å². The molecule has 2 aliphatic rings. The molecule has 1 aliphatic heterocycles. The van der Waals surface area contributed by atoms with E-state index in [4.69, 9.17) is 15.7 Å². The number of nitriles is 1. The summed E-state index contributed by atoms with van der Waals surface area (Å²) >= 11 is 0. The smallest absolute Gasteiger partial charge is 0.246 e. The third-order valence-electron chi connectivity index (χ3n) is 6.42. The molecule has 2 fully saturated rings. The fourth-order valence-electron chi connectivity index (χ4n) is 4.69. The number of primary amides is 1. The molecular formula is C22H32N4O2. The first-order valence-electron chi connectivity index (χ1n) is 10.4. The number of ether oxygens (including phenoxy) is 1. The van der Waals surface area contributed by atoms with E-state index in [1.54, 1.807) is 7.11 Å². The molecule has 2 N–H and O–H groups in total. The van der Waals surface area contributed by atoms with Crippen LogP contribution in [0.2, 0.25) is 0 Å². The van der Waals surface area contributed by atoms with Gasteiger partial charge in [0.05, 0.1) is 11.6 Å². The molecular weight excluding hydrogens is 352 g/mol. The van der Waals surface area contributed by atoms with Crippen molar-refractivity contribution in [3.63, 3.8) is 0 Å². The van der Waals surface area contributed by atoms with E-state index in [-0.39, 0.29) is 11.8 Å². The quantitative estimate of drug-likeness (QED) is 0.780. The third-order valence-corrected chi connectivity index (χ3v) is 6.42. The Balaban J connectivity index is 1.38. The zero-order valence-electron chi connectivity index (χ0n) is 16.8. The fraction of sp³-hybridized carbons (Fsp3) is 0.636. The Kier molecular flexibility index (Phi) is 7.30. The molecule has 1 atom stereocenters. The molecule has 1 saturated heterocycles. The average molecular weight is 385 g/mol. The Morgan fingerprint density at radius 1 is 1.25 bits per heavy atom. The lowest BCUT2D eigenvalue weighted by molar-refractivity contribution is -0.131. The van der Waals surface area contributed by atoms with E-state index in [0.717, 1.165) is 62.7 Å². The maximum absolute atomic E-state index is 11.5. The first-order valence-corrected chi connectivity index (χ1v) is 10.4. The van der Waals surface area contributed by atoms with Crippen LogP contribution in [0.1, 0.15) is 37.7 Å². The molecule has 1 aromatic carbocycles. The van der Waals surface area contributed by atoms with E-state index in [1.807, 2.05) is 18.2 Å². The number of hydrogen-bond donors (Lipinski definition) is 1. The third kappa shape index (κ3) is 5.24. The van der Waals surface area contributed by atoms with Crippen molar-refractivity contribution < 1.29 is 9.53 Å². The maximum Gasteiger partial charge on any atom is 0.246 e. The number of amides is 1. The monoisotopic (exact) mass is 384 g/mol. The van der Waals surface area contributed by atoms with Gasteiger partial charge in [-0.2, -0.15) is 5.26 Å². The van der Waals surface area contributed by atoms with Crippen LogP contribution in [0.3, 0.4) is 0 Å². The van der Waals surface area contributed by atoms with Gasteiger partial charge in [0.2, 0.25) is 5.91 Å². The van der Waals surface area contributed by atoms with Crippen molar-refractivity contribution in [3.05, 3.63) is 29.8 Å².